The summed E-state index contributed by atoms with van der Waals surface area (Å²) in [7, 11) is 1.64. The van der Waals surface area contributed by atoms with Gasteiger partial charge in [-0.2, -0.15) is 0 Å². The fourth-order valence-corrected chi connectivity index (χ4v) is 3.49. The van der Waals surface area contributed by atoms with Crippen molar-refractivity contribution in [3.63, 3.8) is 0 Å². The van der Waals surface area contributed by atoms with Crippen molar-refractivity contribution in [2.75, 3.05) is 19.6 Å². The van der Waals surface area contributed by atoms with Crippen LogP contribution in [0.5, 0.6) is 5.75 Å². The molecule has 0 radical (unpaired) electrons. The average Bonchev–Trinajstić information content (AvgIpc) is 2.98. The van der Waals surface area contributed by atoms with Crippen LogP contribution in [0.1, 0.15) is 34.2 Å². The number of carbonyl (C=O) groups excluding carboxylic acids is 1. The zero-order valence-electron chi connectivity index (χ0n) is 16.9. The van der Waals surface area contributed by atoms with Gasteiger partial charge in [-0.3, -0.25) is 9.66 Å². The Balaban J connectivity index is 2.36. The van der Waals surface area contributed by atoms with Gasteiger partial charge in [0, 0.05) is 23.0 Å². The van der Waals surface area contributed by atoms with Crippen LogP contribution in [0.3, 0.4) is 0 Å². The normalized spacial score (nSPS) is 10.8. The van der Waals surface area contributed by atoms with E-state index in [1.165, 1.54) is 4.68 Å². The first-order valence-corrected chi connectivity index (χ1v) is 9.14. The molecule has 0 fully saturated rings. The van der Waals surface area contributed by atoms with Gasteiger partial charge in [-0.1, -0.05) is 12.1 Å². The van der Waals surface area contributed by atoms with Gasteiger partial charge < -0.3 is 15.3 Å². The number of esters is 1. The summed E-state index contributed by atoms with van der Waals surface area (Å²) in [5.74, 6) is 6.49. The predicted molar refractivity (Wildman–Crippen MR) is 110 cm³/mol. The molecule has 0 spiro atoms. The van der Waals surface area contributed by atoms with Gasteiger partial charge in [-0.05, 0) is 62.6 Å². The largest absolute Gasteiger partial charge is 0.496 e. The standard InChI is InChI=1S/C22H25N3O3/c1-6-28-22(26)21-20(18-11-13(2)10-14(3)24-18)17(12-25(21)23)16-8-7-9-19(27-5)15(16)4/h7-12H,6,23H2,1-5H3. The van der Waals surface area contributed by atoms with E-state index in [-0.39, 0.29) is 12.3 Å². The zero-order chi connectivity index (χ0) is 20.4. The number of ether oxygens (including phenoxy) is 2. The van der Waals surface area contributed by atoms with E-state index >= 15 is 0 Å². The number of pyridine rings is 1. The van der Waals surface area contributed by atoms with Crippen LogP contribution >= 0.6 is 0 Å². The lowest BCUT2D eigenvalue weighted by molar-refractivity contribution is 0.0517. The molecular formula is C22H25N3O3. The van der Waals surface area contributed by atoms with Crippen LogP contribution in [0.25, 0.3) is 22.4 Å². The summed E-state index contributed by atoms with van der Waals surface area (Å²) in [5.41, 5.74) is 6.21. The molecule has 6 nitrogen and oxygen atoms in total. The van der Waals surface area contributed by atoms with E-state index in [1.54, 1.807) is 20.2 Å². The SMILES string of the molecule is CCOC(=O)c1c(-c2cc(C)cc(C)n2)c(-c2cccc(OC)c2C)cn1N. The van der Waals surface area contributed by atoms with E-state index in [2.05, 4.69) is 4.98 Å². The maximum atomic E-state index is 12.7. The number of methoxy groups -OCH3 is 1. The van der Waals surface area contributed by atoms with Gasteiger partial charge >= 0.3 is 5.97 Å². The molecule has 3 aromatic rings. The highest BCUT2D eigenvalue weighted by Gasteiger charge is 2.26. The number of carbonyl (C=O) groups is 1. The number of aromatic nitrogens is 2. The van der Waals surface area contributed by atoms with Crippen LogP contribution in [-0.4, -0.2) is 29.3 Å². The topological polar surface area (TPSA) is 79.4 Å². The van der Waals surface area contributed by atoms with E-state index in [1.807, 2.05) is 51.1 Å². The van der Waals surface area contributed by atoms with E-state index in [9.17, 15) is 4.79 Å². The molecule has 3 rings (SSSR count). The second-order valence-corrected chi connectivity index (χ2v) is 6.70. The van der Waals surface area contributed by atoms with Crippen LogP contribution in [0.15, 0.2) is 36.5 Å². The van der Waals surface area contributed by atoms with Crippen LogP contribution in [-0.2, 0) is 4.74 Å². The van der Waals surface area contributed by atoms with Gasteiger partial charge in [0.25, 0.3) is 0 Å². The molecule has 0 bridgehead atoms. The minimum Gasteiger partial charge on any atom is -0.496 e. The number of rotatable bonds is 5. The molecule has 0 saturated carbocycles. The van der Waals surface area contributed by atoms with Gasteiger partial charge in [0.15, 0.2) is 5.69 Å². The third kappa shape index (κ3) is 3.45. The van der Waals surface area contributed by atoms with Gasteiger partial charge in [-0.15, -0.1) is 0 Å². The highest BCUT2D eigenvalue weighted by Crippen LogP contribution is 2.39. The summed E-state index contributed by atoms with van der Waals surface area (Å²) in [6.07, 6.45) is 1.74. The Kier molecular flexibility index (Phi) is 5.40. The summed E-state index contributed by atoms with van der Waals surface area (Å²) in [5, 5.41) is 0. The van der Waals surface area contributed by atoms with E-state index in [0.717, 1.165) is 33.7 Å². The van der Waals surface area contributed by atoms with Crippen molar-refractivity contribution in [2.24, 2.45) is 0 Å². The van der Waals surface area contributed by atoms with Gasteiger partial charge in [0.1, 0.15) is 5.75 Å². The van der Waals surface area contributed by atoms with Crippen LogP contribution in [0, 0.1) is 20.8 Å². The molecule has 0 atom stereocenters. The minimum absolute atomic E-state index is 0.261. The summed E-state index contributed by atoms with van der Waals surface area (Å²) in [4.78, 5) is 17.4. The van der Waals surface area contributed by atoms with Gasteiger partial charge in [0.05, 0.1) is 19.4 Å². The van der Waals surface area contributed by atoms with E-state index in [0.29, 0.717) is 11.3 Å². The van der Waals surface area contributed by atoms with Crippen LogP contribution in [0.2, 0.25) is 0 Å². The van der Waals surface area contributed by atoms with Crippen LogP contribution < -0.4 is 10.6 Å². The Labute approximate surface area is 164 Å². The third-order valence-corrected chi connectivity index (χ3v) is 4.65. The number of aryl methyl sites for hydroxylation is 2. The molecule has 0 unspecified atom stereocenters. The number of hydrogen-bond donors (Lipinski definition) is 1. The number of hydrogen-bond acceptors (Lipinski definition) is 5. The summed E-state index contributed by atoms with van der Waals surface area (Å²) in [6.45, 7) is 7.93. The monoisotopic (exact) mass is 379 g/mol. The molecule has 0 amide bonds. The molecule has 146 valence electrons. The maximum absolute atomic E-state index is 12.7. The Bertz CT molecular complexity index is 1020. The fraction of sp³-hybridized carbons (Fsp3) is 0.273. The lowest BCUT2D eigenvalue weighted by Gasteiger charge is -2.13. The lowest BCUT2D eigenvalue weighted by Crippen LogP contribution is -2.18. The van der Waals surface area contributed by atoms with E-state index < -0.39 is 5.97 Å². The maximum Gasteiger partial charge on any atom is 0.357 e. The summed E-state index contributed by atoms with van der Waals surface area (Å²) < 4.78 is 12.1. The number of nitrogens with zero attached hydrogens (tertiary/aromatic N) is 2. The second kappa shape index (κ2) is 7.76. The third-order valence-electron chi connectivity index (χ3n) is 4.65. The molecular weight excluding hydrogens is 354 g/mol. The minimum atomic E-state index is -0.479. The van der Waals surface area contributed by atoms with Crippen molar-refractivity contribution in [3.8, 4) is 28.1 Å². The first-order chi connectivity index (χ1) is 13.4. The summed E-state index contributed by atoms with van der Waals surface area (Å²) in [6, 6.07) is 9.73. The molecule has 0 aliphatic carbocycles. The molecule has 0 saturated heterocycles. The molecule has 1 aromatic carbocycles. The van der Waals surface area contributed by atoms with Crippen molar-refractivity contribution in [1.82, 2.24) is 9.66 Å². The molecule has 6 heteroatoms. The van der Waals surface area contributed by atoms with Gasteiger partial charge in [-0.25, -0.2) is 4.79 Å². The van der Waals surface area contributed by atoms with E-state index in [4.69, 9.17) is 15.3 Å². The van der Waals surface area contributed by atoms with Crippen molar-refractivity contribution >= 4 is 5.97 Å². The molecule has 0 aliphatic rings. The Morgan fingerprint density at radius 1 is 1.18 bits per heavy atom. The van der Waals surface area contributed by atoms with Crippen molar-refractivity contribution < 1.29 is 14.3 Å². The summed E-state index contributed by atoms with van der Waals surface area (Å²) >= 11 is 0. The first-order valence-electron chi connectivity index (χ1n) is 9.14. The fourth-order valence-electron chi connectivity index (χ4n) is 3.49. The highest BCUT2D eigenvalue weighted by molar-refractivity contribution is 6.01. The average molecular weight is 379 g/mol. The van der Waals surface area contributed by atoms with Crippen molar-refractivity contribution in [3.05, 3.63) is 59.0 Å². The molecule has 28 heavy (non-hydrogen) atoms. The Morgan fingerprint density at radius 3 is 2.57 bits per heavy atom. The second-order valence-electron chi connectivity index (χ2n) is 6.70. The molecule has 2 heterocycles. The number of benzene rings is 1. The van der Waals surface area contributed by atoms with Gasteiger partial charge in [0.2, 0.25) is 0 Å². The quantitative estimate of drug-likeness (QED) is 0.535. The van der Waals surface area contributed by atoms with Crippen molar-refractivity contribution in [2.45, 2.75) is 27.7 Å². The zero-order valence-corrected chi connectivity index (χ0v) is 16.9. The predicted octanol–water partition coefficient (Wildman–Crippen LogP) is 4.04. The van der Waals surface area contributed by atoms with Crippen LogP contribution in [0.4, 0.5) is 0 Å². The number of nitrogen functional groups attached to an aromatic ring is 1. The van der Waals surface area contributed by atoms with Crippen molar-refractivity contribution in [1.29, 1.82) is 0 Å². The Morgan fingerprint density at radius 2 is 1.93 bits per heavy atom. The highest BCUT2D eigenvalue weighted by atomic mass is 16.5. The molecule has 0 aliphatic heterocycles. The number of nitrogens with two attached hydrogens (primary N) is 1. The molecule has 2 aromatic heterocycles. The first kappa shape index (κ1) is 19.5. The lowest BCUT2D eigenvalue weighted by atomic mass is 9.95. The smallest absolute Gasteiger partial charge is 0.357 e. The molecule has 2 N–H and O–H groups in total. The Hall–Kier alpha value is -3.28.